The molecule has 0 aliphatic rings. The van der Waals surface area contributed by atoms with Crippen LogP contribution in [0.15, 0.2) is 22.6 Å². The third-order valence-corrected chi connectivity index (χ3v) is 2.56. The lowest BCUT2D eigenvalue weighted by Crippen LogP contribution is -1.99. The van der Waals surface area contributed by atoms with E-state index in [0.29, 0.717) is 12.8 Å². The highest BCUT2D eigenvalue weighted by molar-refractivity contribution is 5.86. The van der Waals surface area contributed by atoms with Crippen LogP contribution in [0, 0.1) is 11.6 Å². The standard InChI is InChI=1S/C13H11F2NO3/c1-2-4-9-11(13(17)18)19-12(16-9)10-7(14)5-3-6-8(10)15/h3,5-6H,2,4H2,1H3,(H,17,18). The van der Waals surface area contributed by atoms with Crippen molar-refractivity contribution in [3.8, 4) is 11.5 Å². The molecule has 2 aromatic rings. The fraction of sp³-hybridized carbons (Fsp3) is 0.231. The predicted octanol–water partition coefficient (Wildman–Crippen LogP) is 3.27. The van der Waals surface area contributed by atoms with Gasteiger partial charge in [-0.3, -0.25) is 0 Å². The zero-order valence-electron chi connectivity index (χ0n) is 10.1. The molecule has 0 bridgehead atoms. The maximum Gasteiger partial charge on any atom is 0.373 e. The first-order chi connectivity index (χ1) is 9.04. The molecule has 1 heterocycles. The Hall–Kier alpha value is -2.24. The van der Waals surface area contributed by atoms with E-state index >= 15 is 0 Å². The summed E-state index contributed by atoms with van der Waals surface area (Å²) in [7, 11) is 0. The van der Waals surface area contributed by atoms with E-state index in [2.05, 4.69) is 4.98 Å². The Balaban J connectivity index is 2.57. The van der Waals surface area contributed by atoms with E-state index in [1.165, 1.54) is 6.07 Å². The average Bonchev–Trinajstić information content (AvgIpc) is 2.73. The van der Waals surface area contributed by atoms with Gasteiger partial charge in [0.2, 0.25) is 11.7 Å². The van der Waals surface area contributed by atoms with Crippen LogP contribution in [0.2, 0.25) is 0 Å². The van der Waals surface area contributed by atoms with Gasteiger partial charge in [-0.25, -0.2) is 18.6 Å². The first-order valence-electron chi connectivity index (χ1n) is 5.72. The molecule has 0 radical (unpaired) electrons. The van der Waals surface area contributed by atoms with Crippen LogP contribution >= 0.6 is 0 Å². The minimum absolute atomic E-state index is 0.188. The molecule has 0 spiro atoms. The predicted molar refractivity (Wildman–Crippen MR) is 62.8 cm³/mol. The van der Waals surface area contributed by atoms with Crippen molar-refractivity contribution in [1.82, 2.24) is 4.98 Å². The number of oxazole rings is 1. The number of aromatic carboxylic acids is 1. The highest BCUT2D eigenvalue weighted by Crippen LogP contribution is 2.27. The Labute approximate surface area is 107 Å². The van der Waals surface area contributed by atoms with Crippen LogP contribution < -0.4 is 0 Å². The lowest BCUT2D eigenvalue weighted by Gasteiger charge is -1.98. The molecule has 1 N–H and O–H groups in total. The molecule has 100 valence electrons. The van der Waals surface area contributed by atoms with Gasteiger partial charge >= 0.3 is 5.97 Å². The maximum atomic E-state index is 13.6. The van der Waals surface area contributed by atoms with Gasteiger partial charge in [-0.1, -0.05) is 19.4 Å². The molecule has 19 heavy (non-hydrogen) atoms. The number of hydrogen-bond donors (Lipinski definition) is 1. The van der Waals surface area contributed by atoms with Crippen molar-refractivity contribution in [3.63, 3.8) is 0 Å². The Bertz CT molecular complexity index is 602. The van der Waals surface area contributed by atoms with E-state index in [-0.39, 0.29) is 17.3 Å². The molecule has 0 amide bonds. The van der Waals surface area contributed by atoms with Gasteiger partial charge < -0.3 is 9.52 Å². The zero-order chi connectivity index (χ0) is 14.0. The highest BCUT2D eigenvalue weighted by Gasteiger charge is 2.23. The first-order valence-corrected chi connectivity index (χ1v) is 5.72. The third-order valence-electron chi connectivity index (χ3n) is 2.56. The molecular formula is C13H11F2NO3. The molecule has 0 aliphatic carbocycles. The Morgan fingerprint density at radius 3 is 2.53 bits per heavy atom. The van der Waals surface area contributed by atoms with Crippen LogP contribution in [0.5, 0.6) is 0 Å². The van der Waals surface area contributed by atoms with Crippen LogP contribution in [0.1, 0.15) is 29.6 Å². The largest absolute Gasteiger partial charge is 0.475 e. The molecule has 2 rings (SSSR count). The number of aryl methyl sites for hydroxylation is 1. The van der Waals surface area contributed by atoms with Gasteiger partial charge in [-0.15, -0.1) is 0 Å². The number of carbonyl (C=O) groups is 1. The van der Waals surface area contributed by atoms with Crippen LogP contribution in [-0.2, 0) is 6.42 Å². The van der Waals surface area contributed by atoms with Gasteiger partial charge in [0, 0.05) is 0 Å². The van der Waals surface area contributed by atoms with Crippen molar-refractivity contribution >= 4 is 5.97 Å². The molecule has 0 atom stereocenters. The molecule has 0 saturated heterocycles. The molecule has 1 aromatic carbocycles. The van der Waals surface area contributed by atoms with E-state index in [9.17, 15) is 13.6 Å². The summed E-state index contributed by atoms with van der Waals surface area (Å²) in [5.41, 5.74) is -0.264. The van der Waals surface area contributed by atoms with Crippen molar-refractivity contribution in [2.75, 3.05) is 0 Å². The third kappa shape index (κ3) is 2.47. The summed E-state index contributed by atoms with van der Waals surface area (Å²) >= 11 is 0. The summed E-state index contributed by atoms with van der Waals surface area (Å²) in [4.78, 5) is 14.9. The summed E-state index contributed by atoms with van der Waals surface area (Å²) in [5, 5.41) is 8.97. The number of rotatable bonds is 4. The lowest BCUT2D eigenvalue weighted by molar-refractivity contribution is 0.0661. The maximum absolute atomic E-state index is 13.6. The fourth-order valence-electron chi connectivity index (χ4n) is 1.73. The number of carboxylic acid groups (broad SMARTS) is 1. The van der Waals surface area contributed by atoms with Crippen LogP contribution in [0.4, 0.5) is 8.78 Å². The minimum Gasteiger partial charge on any atom is -0.475 e. The van der Waals surface area contributed by atoms with Crippen LogP contribution in [-0.4, -0.2) is 16.1 Å². The number of aromatic nitrogens is 1. The Kier molecular flexibility index (Phi) is 3.59. The van der Waals surface area contributed by atoms with E-state index in [1.54, 1.807) is 0 Å². The van der Waals surface area contributed by atoms with Gasteiger partial charge in [-0.2, -0.15) is 0 Å². The van der Waals surface area contributed by atoms with E-state index in [0.717, 1.165) is 12.1 Å². The summed E-state index contributed by atoms with van der Waals surface area (Å²) in [6.07, 6.45) is 1.01. The van der Waals surface area contributed by atoms with Crippen molar-refractivity contribution in [2.45, 2.75) is 19.8 Å². The van der Waals surface area contributed by atoms with E-state index in [4.69, 9.17) is 9.52 Å². The Morgan fingerprint density at radius 2 is 2.00 bits per heavy atom. The zero-order valence-corrected chi connectivity index (χ0v) is 10.1. The number of benzene rings is 1. The molecular weight excluding hydrogens is 256 g/mol. The lowest BCUT2D eigenvalue weighted by atomic mass is 10.2. The van der Waals surface area contributed by atoms with Crippen molar-refractivity contribution in [3.05, 3.63) is 41.3 Å². The molecule has 0 fully saturated rings. The molecule has 6 heteroatoms. The summed E-state index contributed by atoms with van der Waals surface area (Å²) in [6.45, 7) is 1.84. The Morgan fingerprint density at radius 1 is 1.37 bits per heavy atom. The van der Waals surface area contributed by atoms with E-state index < -0.39 is 23.2 Å². The van der Waals surface area contributed by atoms with Gasteiger partial charge in [-0.05, 0) is 18.6 Å². The van der Waals surface area contributed by atoms with Gasteiger partial charge in [0.1, 0.15) is 17.2 Å². The summed E-state index contributed by atoms with van der Waals surface area (Å²) in [6, 6.07) is 3.33. The van der Waals surface area contributed by atoms with Crippen molar-refractivity contribution in [2.24, 2.45) is 0 Å². The second-order valence-electron chi connectivity index (χ2n) is 3.95. The van der Waals surface area contributed by atoms with Crippen molar-refractivity contribution < 1.29 is 23.1 Å². The fourth-order valence-corrected chi connectivity index (χ4v) is 1.73. The summed E-state index contributed by atoms with van der Waals surface area (Å²) in [5.74, 6) is -3.72. The second-order valence-corrected chi connectivity index (χ2v) is 3.95. The average molecular weight is 267 g/mol. The second kappa shape index (κ2) is 5.17. The first kappa shape index (κ1) is 13.2. The van der Waals surface area contributed by atoms with Crippen LogP contribution in [0.25, 0.3) is 11.5 Å². The van der Waals surface area contributed by atoms with Gasteiger partial charge in [0.05, 0.1) is 5.69 Å². The van der Waals surface area contributed by atoms with Gasteiger partial charge in [0.25, 0.3) is 0 Å². The smallest absolute Gasteiger partial charge is 0.373 e. The van der Waals surface area contributed by atoms with Gasteiger partial charge in [0.15, 0.2) is 0 Å². The highest BCUT2D eigenvalue weighted by atomic mass is 19.1. The molecule has 4 nitrogen and oxygen atoms in total. The monoisotopic (exact) mass is 267 g/mol. The summed E-state index contributed by atoms with van der Waals surface area (Å²) < 4.78 is 32.1. The molecule has 0 saturated carbocycles. The topological polar surface area (TPSA) is 63.3 Å². The molecule has 0 aliphatic heterocycles. The van der Waals surface area contributed by atoms with Crippen molar-refractivity contribution in [1.29, 1.82) is 0 Å². The molecule has 0 unspecified atom stereocenters. The molecule has 1 aromatic heterocycles. The number of carboxylic acids is 1. The quantitative estimate of drug-likeness (QED) is 0.923. The number of nitrogens with zero attached hydrogens (tertiary/aromatic N) is 1. The minimum atomic E-state index is -1.31. The van der Waals surface area contributed by atoms with E-state index in [1.807, 2.05) is 6.92 Å². The number of halogens is 2. The van der Waals surface area contributed by atoms with Crippen LogP contribution in [0.3, 0.4) is 0 Å². The normalized spacial score (nSPS) is 10.7. The number of hydrogen-bond acceptors (Lipinski definition) is 3. The SMILES string of the molecule is CCCc1nc(-c2c(F)cccc2F)oc1C(=O)O.